The number of rotatable bonds is 7. The van der Waals surface area contributed by atoms with Gasteiger partial charge in [0.1, 0.15) is 11.4 Å². The summed E-state index contributed by atoms with van der Waals surface area (Å²) in [6.45, 7) is 2.60. The minimum Gasteiger partial charge on any atom is -0.481 e. The van der Waals surface area contributed by atoms with Crippen molar-refractivity contribution < 1.29 is 14.7 Å². The van der Waals surface area contributed by atoms with Gasteiger partial charge in [0, 0.05) is 13.1 Å². The Morgan fingerprint density at radius 3 is 2.50 bits per heavy atom. The van der Waals surface area contributed by atoms with Gasteiger partial charge in [-0.3, -0.25) is 28.4 Å². The molecular formula is C21H26N4O5. The number of anilines is 1. The molecule has 0 unspecified atom stereocenters. The first kappa shape index (κ1) is 21.5. The number of piperidine rings is 1. The van der Waals surface area contributed by atoms with Crippen LogP contribution in [0.3, 0.4) is 0 Å². The predicted molar refractivity (Wildman–Crippen MR) is 112 cm³/mol. The molecule has 2 heterocycles. The van der Waals surface area contributed by atoms with Crippen molar-refractivity contribution in [2.45, 2.75) is 32.9 Å². The standard InChI is InChI=1S/C21H26N4O5/c1-2-24-19(27)17(16(26)13-23-10-6-9-15(12-23)20(28)29)18(22)25(21(24)30)11-14-7-4-3-5-8-14/h3-5,7-8,15H,2,6,9-13,22H2,1H3,(H,28,29)/t15-/m0/s1. The van der Waals surface area contributed by atoms with Crippen molar-refractivity contribution in [2.24, 2.45) is 5.92 Å². The second-order valence-corrected chi connectivity index (χ2v) is 7.50. The zero-order valence-corrected chi connectivity index (χ0v) is 16.9. The number of likely N-dealkylation sites (tertiary alicyclic amines) is 1. The van der Waals surface area contributed by atoms with Gasteiger partial charge < -0.3 is 10.8 Å². The average molecular weight is 414 g/mol. The lowest BCUT2D eigenvalue weighted by Crippen LogP contribution is -2.46. The van der Waals surface area contributed by atoms with E-state index in [2.05, 4.69) is 0 Å². The Labute approximate surface area is 173 Å². The molecule has 1 fully saturated rings. The topological polar surface area (TPSA) is 128 Å². The number of nitrogen functional groups attached to an aromatic ring is 1. The first-order valence-electron chi connectivity index (χ1n) is 9.98. The number of benzene rings is 1. The van der Waals surface area contributed by atoms with E-state index in [0.717, 1.165) is 10.1 Å². The Morgan fingerprint density at radius 1 is 1.17 bits per heavy atom. The van der Waals surface area contributed by atoms with Gasteiger partial charge in [0.25, 0.3) is 5.56 Å². The van der Waals surface area contributed by atoms with E-state index in [1.165, 1.54) is 4.57 Å². The second-order valence-electron chi connectivity index (χ2n) is 7.50. The number of Topliss-reactive ketones (excluding diaryl/α,β-unsaturated/α-hetero) is 1. The molecule has 0 amide bonds. The van der Waals surface area contributed by atoms with E-state index in [4.69, 9.17) is 5.73 Å². The summed E-state index contributed by atoms with van der Waals surface area (Å²) >= 11 is 0. The van der Waals surface area contributed by atoms with Crippen molar-refractivity contribution >= 4 is 17.6 Å². The number of carboxylic acids is 1. The third kappa shape index (κ3) is 4.35. The molecule has 0 aliphatic carbocycles. The molecule has 2 aromatic rings. The predicted octanol–water partition coefficient (Wildman–Crippen LogP) is 0.640. The van der Waals surface area contributed by atoms with Crippen molar-refractivity contribution in [1.29, 1.82) is 0 Å². The van der Waals surface area contributed by atoms with Crippen molar-refractivity contribution in [3.8, 4) is 0 Å². The lowest BCUT2D eigenvalue weighted by atomic mass is 9.98. The third-order valence-corrected chi connectivity index (χ3v) is 5.47. The van der Waals surface area contributed by atoms with Crippen molar-refractivity contribution in [1.82, 2.24) is 14.0 Å². The number of hydrogen-bond acceptors (Lipinski definition) is 6. The normalized spacial score (nSPS) is 17.0. The molecule has 1 atom stereocenters. The molecule has 160 valence electrons. The first-order valence-corrected chi connectivity index (χ1v) is 9.98. The van der Waals surface area contributed by atoms with Crippen LogP contribution < -0.4 is 17.0 Å². The van der Waals surface area contributed by atoms with Crippen LogP contribution >= 0.6 is 0 Å². The highest BCUT2D eigenvalue weighted by Gasteiger charge is 2.29. The summed E-state index contributed by atoms with van der Waals surface area (Å²) in [5.74, 6) is -2.09. The molecule has 0 radical (unpaired) electrons. The highest BCUT2D eigenvalue weighted by molar-refractivity contribution is 6.01. The molecular weight excluding hydrogens is 388 g/mol. The van der Waals surface area contributed by atoms with E-state index < -0.39 is 28.9 Å². The summed E-state index contributed by atoms with van der Waals surface area (Å²) in [5.41, 5.74) is 5.48. The molecule has 1 aromatic heterocycles. The Kier molecular flexibility index (Phi) is 6.51. The van der Waals surface area contributed by atoms with Crippen LogP contribution in [0.2, 0.25) is 0 Å². The summed E-state index contributed by atoms with van der Waals surface area (Å²) < 4.78 is 2.24. The Balaban J connectivity index is 1.96. The number of carbonyl (C=O) groups excluding carboxylic acids is 1. The van der Waals surface area contributed by atoms with Gasteiger partial charge in [0.05, 0.1) is 19.0 Å². The van der Waals surface area contributed by atoms with Crippen molar-refractivity contribution in [2.75, 3.05) is 25.4 Å². The first-order chi connectivity index (χ1) is 14.3. The maximum absolute atomic E-state index is 13.0. The molecule has 1 aliphatic heterocycles. The van der Waals surface area contributed by atoms with Gasteiger partial charge in [-0.15, -0.1) is 0 Å². The number of carboxylic acid groups (broad SMARTS) is 1. The van der Waals surface area contributed by atoms with E-state index >= 15 is 0 Å². The summed E-state index contributed by atoms with van der Waals surface area (Å²) in [4.78, 5) is 51.7. The smallest absolute Gasteiger partial charge is 0.332 e. The van der Waals surface area contributed by atoms with Crippen LogP contribution in [0.15, 0.2) is 39.9 Å². The van der Waals surface area contributed by atoms with Gasteiger partial charge in [-0.1, -0.05) is 30.3 Å². The van der Waals surface area contributed by atoms with Gasteiger partial charge in [0.2, 0.25) is 0 Å². The fraction of sp³-hybridized carbons (Fsp3) is 0.429. The fourth-order valence-corrected chi connectivity index (χ4v) is 3.86. The minimum atomic E-state index is -0.892. The van der Waals surface area contributed by atoms with Crippen molar-refractivity contribution in [3.63, 3.8) is 0 Å². The molecule has 1 aromatic carbocycles. The van der Waals surface area contributed by atoms with Crippen LogP contribution in [0.25, 0.3) is 0 Å². The van der Waals surface area contributed by atoms with E-state index in [1.54, 1.807) is 11.8 Å². The SMILES string of the molecule is CCn1c(=O)c(C(=O)CN2CCC[C@H](C(=O)O)C2)c(N)n(Cc2ccccc2)c1=O. The molecule has 0 bridgehead atoms. The molecule has 0 saturated carbocycles. The third-order valence-electron chi connectivity index (χ3n) is 5.47. The number of aliphatic carboxylic acids is 1. The van der Waals surface area contributed by atoms with Gasteiger partial charge >= 0.3 is 11.7 Å². The highest BCUT2D eigenvalue weighted by atomic mass is 16.4. The lowest BCUT2D eigenvalue weighted by Gasteiger charge is -2.30. The van der Waals surface area contributed by atoms with Crippen molar-refractivity contribution in [3.05, 3.63) is 62.3 Å². The molecule has 30 heavy (non-hydrogen) atoms. The maximum Gasteiger partial charge on any atom is 0.332 e. The summed E-state index contributed by atoms with van der Waals surface area (Å²) in [6.07, 6.45) is 1.22. The monoisotopic (exact) mass is 414 g/mol. The number of ketones is 1. The van der Waals surface area contributed by atoms with Crippen LogP contribution in [0.1, 0.15) is 35.7 Å². The average Bonchev–Trinajstić information content (AvgIpc) is 2.72. The van der Waals surface area contributed by atoms with E-state index in [1.807, 2.05) is 30.3 Å². The van der Waals surface area contributed by atoms with E-state index in [-0.39, 0.29) is 37.6 Å². The number of nitrogens with two attached hydrogens (primary N) is 1. The highest BCUT2D eigenvalue weighted by Crippen LogP contribution is 2.17. The summed E-state index contributed by atoms with van der Waals surface area (Å²) in [7, 11) is 0. The zero-order chi connectivity index (χ0) is 21.8. The quantitative estimate of drug-likeness (QED) is 0.636. The van der Waals surface area contributed by atoms with Crippen LogP contribution in [-0.4, -0.2) is 50.5 Å². The summed E-state index contributed by atoms with van der Waals surface area (Å²) in [5, 5.41) is 9.25. The number of aromatic nitrogens is 2. The minimum absolute atomic E-state index is 0.109. The zero-order valence-electron chi connectivity index (χ0n) is 16.9. The number of carbonyl (C=O) groups is 2. The number of nitrogens with zero attached hydrogens (tertiary/aromatic N) is 3. The summed E-state index contributed by atoms with van der Waals surface area (Å²) in [6, 6.07) is 9.16. The maximum atomic E-state index is 13.0. The molecule has 1 aliphatic rings. The second kappa shape index (κ2) is 9.08. The van der Waals surface area contributed by atoms with E-state index in [9.17, 15) is 24.3 Å². The molecule has 9 heteroatoms. The molecule has 3 rings (SSSR count). The van der Waals surface area contributed by atoms with Gasteiger partial charge in [0.15, 0.2) is 5.78 Å². The van der Waals surface area contributed by atoms with Gasteiger partial charge in [-0.25, -0.2) is 4.79 Å². The Bertz CT molecular complexity index is 1060. The Morgan fingerprint density at radius 2 is 1.87 bits per heavy atom. The van der Waals surface area contributed by atoms with Crippen LogP contribution in [0.4, 0.5) is 5.82 Å². The largest absolute Gasteiger partial charge is 0.481 e. The van der Waals surface area contributed by atoms with Crippen LogP contribution in [0, 0.1) is 5.92 Å². The van der Waals surface area contributed by atoms with Crippen LogP contribution in [-0.2, 0) is 17.9 Å². The van der Waals surface area contributed by atoms with Gasteiger partial charge in [-0.05, 0) is 31.9 Å². The molecule has 3 N–H and O–H groups in total. The lowest BCUT2D eigenvalue weighted by molar-refractivity contribution is -0.143. The van der Waals surface area contributed by atoms with Gasteiger partial charge in [-0.2, -0.15) is 0 Å². The number of hydrogen-bond donors (Lipinski definition) is 2. The van der Waals surface area contributed by atoms with E-state index in [0.29, 0.717) is 19.4 Å². The van der Waals surface area contributed by atoms with Crippen LogP contribution in [0.5, 0.6) is 0 Å². The Hall–Kier alpha value is -3.20. The molecule has 1 saturated heterocycles. The molecule has 0 spiro atoms. The molecule has 9 nitrogen and oxygen atoms in total. The fourth-order valence-electron chi connectivity index (χ4n) is 3.86.